The Labute approximate surface area is 104 Å². The zero-order valence-electron chi connectivity index (χ0n) is 10.6. The number of hydrogen-bond acceptors (Lipinski definition) is 2. The maximum Gasteiger partial charge on any atom is 0.433 e. The van der Waals surface area contributed by atoms with Crippen LogP contribution in [0.3, 0.4) is 0 Å². The van der Waals surface area contributed by atoms with Gasteiger partial charge in [0.05, 0.1) is 6.20 Å². The highest BCUT2D eigenvalue weighted by Crippen LogP contribution is 2.34. The van der Waals surface area contributed by atoms with Gasteiger partial charge in [-0.1, -0.05) is 6.92 Å². The molecule has 1 heterocycles. The van der Waals surface area contributed by atoms with E-state index in [4.69, 9.17) is 0 Å². The van der Waals surface area contributed by atoms with Crippen LogP contribution in [0.5, 0.6) is 0 Å². The van der Waals surface area contributed by atoms with E-state index >= 15 is 0 Å². The first-order valence-electron chi connectivity index (χ1n) is 6.30. The van der Waals surface area contributed by atoms with Crippen molar-refractivity contribution in [2.75, 3.05) is 0 Å². The first-order valence-corrected chi connectivity index (χ1v) is 6.30. The number of alkyl halides is 3. The van der Waals surface area contributed by atoms with Gasteiger partial charge in [-0.05, 0) is 26.2 Å². The molecule has 1 atom stereocenters. The summed E-state index contributed by atoms with van der Waals surface area (Å²) >= 11 is 0. The maximum absolute atomic E-state index is 13.1. The van der Waals surface area contributed by atoms with E-state index < -0.39 is 11.9 Å². The summed E-state index contributed by atoms with van der Waals surface area (Å²) in [5.41, 5.74) is -0.361. The summed E-state index contributed by atoms with van der Waals surface area (Å²) < 4.78 is 40.4. The molecule has 0 bridgehead atoms. The van der Waals surface area contributed by atoms with Gasteiger partial charge >= 0.3 is 6.18 Å². The van der Waals surface area contributed by atoms with Crippen molar-refractivity contribution in [2.45, 2.75) is 57.9 Å². The van der Waals surface area contributed by atoms with E-state index in [0.717, 1.165) is 17.5 Å². The largest absolute Gasteiger partial charge is 0.433 e. The van der Waals surface area contributed by atoms with Gasteiger partial charge in [-0.25, -0.2) is 0 Å². The van der Waals surface area contributed by atoms with Gasteiger partial charge in [0.25, 0.3) is 0 Å². The molecule has 1 unspecified atom stereocenters. The van der Waals surface area contributed by atoms with Gasteiger partial charge in [0, 0.05) is 24.2 Å². The fourth-order valence-electron chi connectivity index (χ4n) is 1.89. The fourth-order valence-corrected chi connectivity index (χ4v) is 1.89. The molecule has 0 radical (unpaired) electrons. The fraction of sp³-hybridized carbons (Fsp3) is 0.750. The lowest BCUT2D eigenvalue weighted by molar-refractivity contribution is -0.145. The van der Waals surface area contributed by atoms with E-state index in [1.807, 2.05) is 6.92 Å². The Morgan fingerprint density at radius 1 is 1.50 bits per heavy atom. The molecule has 102 valence electrons. The molecule has 0 spiro atoms. The van der Waals surface area contributed by atoms with Crippen LogP contribution < -0.4 is 5.32 Å². The first kappa shape index (κ1) is 13.4. The molecule has 3 nitrogen and oxygen atoms in total. The third-order valence-electron chi connectivity index (χ3n) is 3.31. The second-order valence-corrected chi connectivity index (χ2v) is 4.87. The minimum Gasteiger partial charge on any atom is -0.310 e. The summed E-state index contributed by atoms with van der Waals surface area (Å²) in [5.74, 6) is 0. The van der Waals surface area contributed by atoms with Crippen LogP contribution in [0.25, 0.3) is 0 Å². The first-order chi connectivity index (χ1) is 8.43. The van der Waals surface area contributed by atoms with Crippen LogP contribution in [-0.2, 0) is 12.7 Å². The van der Waals surface area contributed by atoms with E-state index in [0.29, 0.717) is 12.5 Å². The summed E-state index contributed by atoms with van der Waals surface area (Å²) in [7, 11) is 0. The third-order valence-corrected chi connectivity index (χ3v) is 3.31. The van der Waals surface area contributed by atoms with Gasteiger partial charge in [0.15, 0.2) is 0 Å². The lowest BCUT2D eigenvalue weighted by Crippen LogP contribution is -2.22. The van der Waals surface area contributed by atoms with Crippen molar-refractivity contribution >= 4 is 0 Å². The van der Waals surface area contributed by atoms with Gasteiger partial charge in [-0.3, -0.25) is 4.68 Å². The summed E-state index contributed by atoms with van der Waals surface area (Å²) in [4.78, 5) is 0. The highest BCUT2D eigenvalue weighted by atomic mass is 19.4. The Hall–Kier alpha value is -1.04. The topological polar surface area (TPSA) is 29.9 Å². The van der Waals surface area contributed by atoms with E-state index in [2.05, 4.69) is 10.4 Å². The molecule has 1 saturated carbocycles. The van der Waals surface area contributed by atoms with Crippen LogP contribution in [0, 0.1) is 0 Å². The standard InChI is InChI=1S/C12H18F3N3/c1-3-8(2)18-11(12(13,14)15)9(7-17-18)6-16-10-4-5-10/h7-8,10,16H,3-6H2,1-2H3. The molecule has 1 N–H and O–H groups in total. The molecule has 0 aliphatic heterocycles. The van der Waals surface area contributed by atoms with Gasteiger partial charge in [0.2, 0.25) is 0 Å². The predicted molar refractivity (Wildman–Crippen MR) is 62.1 cm³/mol. The number of nitrogens with one attached hydrogen (secondary N) is 1. The molecule has 0 aromatic carbocycles. The zero-order valence-corrected chi connectivity index (χ0v) is 10.6. The molecule has 0 amide bonds. The number of halogens is 3. The average Bonchev–Trinajstić information content (AvgIpc) is 3.02. The van der Waals surface area contributed by atoms with Gasteiger partial charge in [0.1, 0.15) is 5.69 Å². The number of aromatic nitrogens is 2. The third kappa shape index (κ3) is 2.85. The van der Waals surface area contributed by atoms with Crippen molar-refractivity contribution in [3.63, 3.8) is 0 Å². The molecular weight excluding hydrogens is 243 g/mol. The summed E-state index contributed by atoms with van der Waals surface area (Å²) in [5, 5.41) is 7.01. The summed E-state index contributed by atoms with van der Waals surface area (Å²) in [6.45, 7) is 3.85. The monoisotopic (exact) mass is 261 g/mol. The Kier molecular flexibility index (Phi) is 3.66. The Bertz CT molecular complexity index is 407. The van der Waals surface area contributed by atoms with E-state index in [-0.39, 0.29) is 18.2 Å². The molecule has 18 heavy (non-hydrogen) atoms. The lowest BCUT2D eigenvalue weighted by atomic mass is 10.2. The Balaban J connectivity index is 2.24. The SMILES string of the molecule is CCC(C)n1ncc(CNC2CC2)c1C(F)(F)F. The van der Waals surface area contributed by atoms with Crippen LogP contribution in [0.4, 0.5) is 13.2 Å². The molecule has 1 aliphatic rings. The lowest BCUT2D eigenvalue weighted by Gasteiger charge is -2.17. The number of hydrogen-bond donors (Lipinski definition) is 1. The number of rotatable bonds is 5. The van der Waals surface area contributed by atoms with Crippen molar-refractivity contribution in [1.29, 1.82) is 0 Å². The molecule has 1 fully saturated rings. The minimum absolute atomic E-state index is 0.240. The maximum atomic E-state index is 13.1. The summed E-state index contributed by atoms with van der Waals surface area (Å²) in [6, 6.07) is 0.148. The molecular formula is C12H18F3N3. The Morgan fingerprint density at radius 3 is 2.67 bits per heavy atom. The van der Waals surface area contributed by atoms with E-state index in [1.54, 1.807) is 6.92 Å². The molecule has 0 saturated heterocycles. The summed E-state index contributed by atoms with van der Waals surface area (Å²) in [6.07, 6.45) is -0.271. The van der Waals surface area contributed by atoms with Gasteiger partial charge < -0.3 is 5.32 Å². The van der Waals surface area contributed by atoms with Crippen molar-refractivity contribution < 1.29 is 13.2 Å². The normalized spacial score (nSPS) is 18.1. The van der Waals surface area contributed by atoms with Crippen LogP contribution in [0.1, 0.15) is 50.4 Å². The van der Waals surface area contributed by atoms with Crippen LogP contribution in [-0.4, -0.2) is 15.8 Å². The Morgan fingerprint density at radius 2 is 2.17 bits per heavy atom. The van der Waals surface area contributed by atoms with E-state index in [9.17, 15) is 13.2 Å². The number of nitrogens with zero attached hydrogens (tertiary/aromatic N) is 2. The second-order valence-electron chi connectivity index (χ2n) is 4.87. The average molecular weight is 261 g/mol. The second kappa shape index (κ2) is 4.91. The highest BCUT2D eigenvalue weighted by Gasteiger charge is 2.39. The molecule has 2 rings (SSSR count). The highest BCUT2D eigenvalue weighted by molar-refractivity contribution is 5.21. The van der Waals surface area contributed by atoms with Crippen LogP contribution >= 0.6 is 0 Å². The molecule has 1 aliphatic carbocycles. The van der Waals surface area contributed by atoms with Gasteiger partial charge in [-0.15, -0.1) is 0 Å². The van der Waals surface area contributed by atoms with E-state index in [1.165, 1.54) is 6.20 Å². The minimum atomic E-state index is -4.35. The van der Waals surface area contributed by atoms with Crippen LogP contribution in [0.2, 0.25) is 0 Å². The van der Waals surface area contributed by atoms with Gasteiger partial charge in [-0.2, -0.15) is 18.3 Å². The van der Waals surface area contributed by atoms with Crippen LogP contribution in [0.15, 0.2) is 6.20 Å². The van der Waals surface area contributed by atoms with Crippen molar-refractivity contribution in [3.05, 3.63) is 17.5 Å². The van der Waals surface area contributed by atoms with Crippen molar-refractivity contribution in [1.82, 2.24) is 15.1 Å². The molecule has 1 aromatic heterocycles. The van der Waals surface area contributed by atoms with Crippen molar-refractivity contribution in [2.24, 2.45) is 0 Å². The quantitative estimate of drug-likeness (QED) is 0.882. The molecule has 6 heteroatoms. The smallest absolute Gasteiger partial charge is 0.310 e. The predicted octanol–water partition coefficient (Wildman–Crippen LogP) is 3.12. The molecule has 1 aromatic rings. The van der Waals surface area contributed by atoms with Crippen molar-refractivity contribution in [3.8, 4) is 0 Å². The zero-order chi connectivity index (χ0) is 13.3.